The maximum absolute atomic E-state index is 13.2. The predicted octanol–water partition coefficient (Wildman–Crippen LogP) is 4.87. The van der Waals surface area contributed by atoms with Gasteiger partial charge in [0, 0.05) is 17.7 Å². The number of hydrogen-bond acceptors (Lipinski definition) is 3. The molecule has 0 spiro atoms. The van der Waals surface area contributed by atoms with Gasteiger partial charge in [0.15, 0.2) is 0 Å². The van der Waals surface area contributed by atoms with Crippen LogP contribution in [0.25, 0.3) is 0 Å². The average Bonchev–Trinajstić information content (AvgIpc) is 2.86. The first-order valence-electron chi connectivity index (χ1n) is 5.73. The van der Waals surface area contributed by atoms with E-state index in [2.05, 4.69) is 0 Å². The van der Waals surface area contributed by atoms with Crippen LogP contribution in [0.3, 0.4) is 0 Å². The Bertz CT molecular complexity index is 411. The lowest BCUT2D eigenvalue weighted by molar-refractivity contribution is 0.189. The van der Waals surface area contributed by atoms with Gasteiger partial charge in [0.05, 0.1) is 5.76 Å². The predicted molar refractivity (Wildman–Crippen MR) is 83.1 cm³/mol. The molecular weight excluding hydrogens is 364 g/mol. The first kappa shape index (κ1) is 15.5. The molecule has 1 heterocycles. The summed E-state index contributed by atoms with van der Waals surface area (Å²) in [6, 6.07) is 4.04. The van der Waals surface area contributed by atoms with Crippen LogP contribution in [0.2, 0.25) is 0 Å². The molecule has 0 saturated heterocycles. The molecule has 0 fully saturated rings. The van der Waals surface area contributed by atoms with Crippen molar-refractivity contribution < 1.29 is 9.13 Å². The number of halogens is 2. The van der Waals surface area contributed by atoms with Crippen LogP contribution in [-0.2, 0) is 11.3 Å². The molecule has 0 bridgehead atoms. The molecule has 2 N–H and O–H groups in total. The molecule has 0 aromatic carbocycles. The van der Waals surface area contributed by atoms with Gasteiger partial charge in [0.2, 0.25) is 0 Å². The second kappa shape index (κ2) is 8.53. The average molecular weight is 381 g/mol. The van der Waals surface area contributed by atoms with E-state index >= 15 is 0 Å². The van der Waals surface area contributed by atoms with Gasteiger partial charge in [0.1, 0.15) is 16.1 Å². The molecule has 0 amide bonds. The zero-order valence-electron chi connectivity index (χ0n) is 10.3. The summed E-state index contributed by atoms with van der Waals surface area (Å²) < 4.78 is 19.1. The van der Waals surface area contributed by atoms with Crippen molar-refractivity contribution in [3.8, 4) is 0 Å². The van der Waals surface area contributed by atoms with Crippen LogP contribution < -0.4 is 5.73 Å². The van der Waals surface area contributed by atoms with E-state index in [9.17, 15) is 4.39 Å². The van der Waals surface area contributed by atoms with Crippen molar-refractivity contribution in [1.82, 2.24) is 0 Å². The molecule has 1 aromatic heterocycles. The van der Waals surface area contributed by atoms with E-state index in [0.717, 1.165) is 12.2 Å². The molecule has 1 rings (SSSR count). The second-order valence-corrected chi connectivity index (χ2v) is 5.92. The van der Waals surface area contributed by atoms with E-state index in [0.29, 0.717) is 19.4 Å². The molecule has 0 unspecified atom stereocenters. The number of rotatable bonds is 7. The van der Waals surface area contributed by atoms with E-state index in [1.807, 2.05) is 30.5 Å². The summed E-state index contributed by atoms with van der Waals surface area (Å²) in [5.74, 6) is 0.674. The van der Waals surface area contributed by atoms with Crippen molar-refractivity contribution in [2.45, 2.75) is 32.8 Å². The zero-order chi connectivity index (χ0) is 13.4. The van der Waals surface area contributed by atoms with Gasteiger partial charge in [-0.15, -0.1) is 11.3 Å². The van der Waals surface area contributed by atoms with Crippen LogP contribution >= 0.6 is 33.9 Å². The molecular formula is C13H17FINOS. The topological polar surface area (TPSA) is 35.2 Å². The summed E-state index contributed by atoms with van der Waals surface area (Å²) >= 11 is 3.47. The van der Waals surface area contributed by atoms with Gasteiger partial charge in [-0.2, -0.15) is 0 Å². The first-order chi connectivity index (χ1) is 8.63. The fourth-order valence-electron chi connectivity index (χ4n) is 1.40. The summed E-state index contributed by atoms with van der Waals surface area (Å²) in [6.45, 7) is 2.52. The fourth-order valence-corrected chi connectivity index (χ4v) is 2.28. The van der Waals surface area contributed by atoms with Gasteiger partial charge in [-0.3, -0.25) is 0 Å². The molecule has 0 saturated carbocycles. The number of nitrogens with two attached hydrogens (primary N) is 1. The van der Waals surface area contributed by atoms with Crippen molar-refractivity contribution in [3.63, 3.8) is 0 Å². The van der Waals surface area contributed by atoms with E-state index in [-0.39, 0.29) is 9.53 Å². The summed E-state index contributed by atoms with van der Waals surface area (Å²) in [7, 11) is 0. The van der Waals surface area contributed by atoms with Gasteiger partial charge >= 0.3 is 0 Å². The summed E-state index contributed by atoms with van der Waals surface area (Å²) in [5.41, 5.74) is 5.35. The monoisotopic (exact) mass is 381 g/mol. The molecule has 5 heteroatoms. The number of ether oxygens (including phenoxy) is 1. The van der Waals surface area contributed by atoms with Crippen LogP contribution in [0, 0.1) is 0 Å². The Morgan fingerprint density at radius 2 is 2.33 bits per heavy atom. The highest BCUT2D eigenvalue weighted by Gasteiger charge is 2.03. The van der Waals surface area contributed by atoms with Crippen molar-refractivity contribution in [2.75, 3.05) is 0 Å². The third kappa shape index (κ3) is 5.86. The van der Waals surface area contributed by atoms with Gasteiger partial charge in [-0.1, -0.05) is 6.07 Å². The summed E-state index contributed by atoms with van der Waals surface area (Å²) in [5, 5.41) is 2.03. The normalized spacial score (nSPS) is 13.4. The number of allylic oxidation sites excluding steroid dienone is 3. The maximum Gasteiger partial charge on any atom is 0.129 e. The molecule has 0 radical (unpaired) electrons. The van der Waals surface area contributed by atoms with Gasteiger partial charge in [-0.25, -0.2) is 4.39 Å². The molecule has 0 aliphatic carbocycles. The summed E-state index contributed by atoms with van der Waals surface area (Å²) in [4.78, 5) is 1.19. The molecule has 18 heavy (non-hydrogen) atoms. The van der Waals surface area contributed by atoms with Crippen molar-refractivity contribution in [3.05, 3.63) is 43.8 Å². The maximum atomic E-state index is 13.2. The third-order valence-electron chi connectivity index (χ3n) is 2.38. The van der Waals surface area contributed by atoms with Crippen molar-refractivity contribution in [2.24, 2.45) is 5.73 Å². The molecule has 0 aliphatic heterocycles. The molecule has 0 aliphatic rings. The molecule has 2 nitrogen and oxygen atoms in total. The number of hydrogen-bond donors (Lipinski definition) is 1. The Morgan fingerprint density at radius 3 is 2.89 bits per heavy atom. The molecule has 0 atom stereocenters. The smallest absolute Gasteiger partial charge is 0.129 e. The standard InChI is InChI=1S/C13H17FINOS/c1-2-10(5-3-7-12(14)13(15)16)17-9-11-6-4-8-18-11/h2,4,6,8H,3,5,7,9,16H2,1H3. The highest BCUT2D eigenvalue weighted by Crippen LogP contribution is 2.19. The minimum absolute atomic E-state index is 0.232. The second-order valence-electron chi connectivity index (χ2n) is 3.73. The lowest BCUT2D eigenvalue weighted by atomic mass is 10.2. The highest BCUT2D eigenvalue weighted by molar-refractivity contribution is 14.1. The zero-order valence-corrected chi connectivity index (χ0v) is 13.3. The lowest BCUT2D eigenvalue weighted by Crippen LogP contribution is -1.95. The Balaban J connectivity index is 2.28. The van der Waals surface area contributed by atoms with Crippen LogP contribution in [0.5, 0.6) is 0 Å². The van der Waals surface area contributed by atoms with Crippen molar-refractivity contribution >= 4 is 33.9 Å². The Labute approximate surface area is 125 Å². The van der Waals surface area contributed by atoms with Gasteiger partial charge in [0.25, 0.3) is 0 Å². The highest BCUT2D eigenvalue weighted by atomic mass is 127. The quantitative estimate of drug-likeness (QED) is 0.416. The van der Waals surface area contributed by atoms with Crippen LogP contribution in [0.15, 0.2) is 38.9 Å². The van der Waals surface area contributed by atoms with Gasteiger partial charge < -0.3 is 10.5 Å². The summed E-state index contributed by atoms with van der Waals surface area (Å²) in [6.07, 6.45) is 3.75. The Morgan fingerprint density at radius 1 is 1.56 bits per heavy atom. The van der Waals surface area contributed by atoms with Crippen LogP contribution in [0.4, 0.5) is 4.39 Å². The molecule has 100 valence electrons. The molecule has 1 aromatic rings. The minimum Gasteiger partial charge on any atom is -0.493 e. The largest absolute Gasteiger partial charge is 0.493 e. The third-order valence-corrected chi connectivity index (χ3v) is 3.82. The van der Waals surface area contributed by atoms with E-state index in [1.54, 1.807) is 33.9 Å². The van der Waals surface area contributed by atoms with Crippen LogP contribution in [0.1, 0.15) is 31.1 Å². The number of thiophene rings is 1. The fraction of sp³-hybridized carbons (Fsp3) is 0.385. The van der Waals surface area contributed by atoms with E-state index < -0.39 is 0 Å². The first-order valence-corrected chi connectivity index (χ1v) is 7.69. The van der Waals surface area contributed by atoms with Crippen molar-refractivity contribution in [1.29, 1.82) is 0 Å². The van der Waals surface area contributed by atoms with E-state index in [4.69, 9.17) is 10.5 Å². The lowest BCUT2D eigenvalue weighted by Gasteiger charge is -2.09. The Kier molecular flexibility index (Phi) is 7.34. The Hall–Kier alpha value is -0.560. The SMILES string of the molecule is CC=C(CCCC(F)=C(N)I)OCc1cccs1. The minimum atomic E-state index is -0.232. The van der Waals surface area contributed by atoms with E-state index in [1.165, 1.54) is 4.88 Å². The van der Waals surface area contributed by atoms with Gasteiger partial charge in [-0.05, 0) is 53.5 Å². The van der Waals surface area contributed by atoms with Crippen LogP contribution in [-0.4, -0.2) is 0 Å².